The molecule has 0 spiro atoms. The summed E-state index contributed by atoms with van der Waals surface area (Å²) < 4.78 is 13.5. The molecule has 1 heterocycles. The molecule has 24 heavy (non-hydrogen) atoms. The minimum Gasteiger partial charge on any atom is -0.339 e. The van der Waals surface area contributed by atoms with E-state index in [1.807, 2.05) is 33.8 Å². The van der Waals surface area contributed by atoms with Gasteiger partial charge >= 0.3 is 0 Å². The van der Waals surface area contributed by atoms with Gasteiger partial charge in [0.25, 0.3) is 0 Å². The molecule has 1 aromatic rings. The highest BCUT2D eigenvalue weighted by Crippen LogP contribution is 2.42. The Balaban J connectivity index is 2.16. The Kier molecular flexibility index (Phi) is 6.27. The standard InChI is InChI=1S/C18H25FN2O2S/c1-5-16(22)20(12(2)3)9-10-21-17(23)13(4)24-18(21)14-7-6-8-15(19)11-14/h6-8,11-13,18H,5,9-10H2,1-4H3/t13-,18+/m0/s1. The van der Waals surface area contributed by atoms with Crippen molar-refractivity contribution in [3.05, 3.63) is 35.6 Å². The number of halogens is 1. The summed E-state index contributed by atoms with van der Waals surface area (Å²) in [5, 5.41) is -0.360. The predicted octanol–water partition coefficient (Wildman–Crippen LogP) is 3.44. The second-order valence-corrected chi connectivity index (χ2v) is 7.68. The Labute approximate surface area is 147 Å². The zero-order valence-electron chi connectivity index (χ0n) is 14.7. The van der Waals surface area contributed by atoms with Crippen LogP contribution in [-0.2, 0) is 9.59 Å². The highest BCUT2D eigenvalue weighted by Gasteiger charge is 2.38. The number of rotatable bonds is 6. The molecule has 2 amide bonds. The summed E-state index contributed by atoms with van der Waals surface area (Å²) in [7, 11) is 0. The molecule has 1 saturated heterocycles. The lowest BCUT2D eigenvalue weighted by Crippen LogP contribution is -2.43. The van der Waals surface area contributed by atoms with Crippen LogP contribution in [0.4, 0.5) is 4.39 Å². The first-order valence-electron chi connectivity index (χ1n) is 8.36. The van der Waals surface area contributed by atoms with Gasteiger partial charge in [0.05, 0.1) is 5.25 Å². The second-order valence-electron chi connectivity index (χ2n) is 6.25. The number of amides is 2. The van der Waals surface area contributed by atoms with E-state index in [0.29, 0.717) is 19.5 Å². The maximum Gasteiger partial charge on any atom is 0.236 e. The van der Waals surface area contributed by atoms with E-state index in [1.54, 1.807) is 15.9 Å². The molecule has 0 N–H and O–H groups in total. The molecule has 1 aliphatic heterocycles. The molecule has 0 radical (unpaired) electrons. The number of hydrogen-bond acceptors (Lipinski definition) is 3. The highest BCUT2D eigenvalue weighted by molar-refractivity contribution is 8.01. The zero-order valence-corrected chi connectivity index (χ0v) is 15.5. The fraction of sp³-hybridized carbons (Fsp3) is 0.556. The summed E-state index contributed by atoms with van der Waals surface area (Å²) in [5.74, 6) is -0.174. The number of benzene rings is 1. The quantitative estimate of drug-likeness (QED) is 0.787. The van der Waals surface area contributed by atoms with Gasteiger partial charge in [-0.3, -0.25) is 9.59 Å². The number of nitrogens with zero attached hydrogens (tertiary/aromatic N) is 2. The molecular formula is C18H25FN2O2S. The van der Waals surface area contributed by atoms with E-state index in [4.69, 9.17) is 0 Å². The van der Waals surface area contributed by atoms with Crippen LogP contribution in [0, 0.1) is 5.82 Å². The van der Waals surface area contributed by atoms with Crippen molar-refractivity contribution in [2.75, 3.05) is 13.1 Å². The maximum atomic E-state index is 13.5. The number of carbonyl (C=O) groups is 2. The first-order valence-corrected chi connectivity index (χ1v) is 9.30. The number of hydrogen-bond donors (Lipinski definition) is 0. The van der Waals surface area contributed by atoms with Crippen LogP contribution in [0.25, 0.3) is 0 Å². The van der Waals surface area contributed by atoms with Gasteiger partial charge < -0.3 is 9.80 Å². The van der Waals surface area contributed by atoms with E-state index in [9.17, 15) is 14.0 Å². The lowest BCUT2D eigenvalue weighted by molar-refractivity contribution is -0.135. The van der Waals surface area contributed by atoms with Crippen molar-refractivity contribution in [2.45, 2.75) is 50.8 Å². The second kappa shape index (κ2) is 8.01. The van der Waals surface area contributed by atoms with Gasteiger partial charge in [0.2, 0.25) is 11.8 Å². The fourth-order valence-electron chi connectivity index (χ4n) is 2.91. The largest absolute Gasteiger partial charge is 0.339 e. The SMILES string of the molecule is CCC(=O)N(CCN1C(=O)[C@H](C)S[C@@H]1c1cccc(F)c1)C(C)C. The lowest BCUT2D eigenvalue weighted by atomic mass is 10.2. The summed E-state index contributed by atoms with van der Waals surface area (Å²) in [4.78, 5) is 28.1. The van der Waals surface area contributed by atoms with E-state index in [-0.39, 0.29) is 34.3 Å². The first kappa shape index (κ1) is 18.8. The molecule has 1 fully saturated rings. The monoisotopic (exact) mass is 352 g/mol. The van der Waals surface area contributed by atoms with E-state index < -0.39 is 0 Å². The van der Waals surface area contributed by atoms with E-state index in [1.165, 1.54) is 23.9 Å². The Morgan fingerprint density at radius 3 is 2.71 bits per heavy atom. The van der Waals surface area contributed by atoms with Crippen LogP contribution in [0.3, 0.4) is 0 Å². The zero-order chi connectivity index (χ0) is 17.9. The summed E-state index contributed by atoms with van der Waals surface area (Å²) in [5.41, 5.74) is 0.788. The molecular weight excluding hydrogens is 327 g/mol. The van der Waals surface area contributed by atoms with Crippen molar-refractivity contribution in [2.24, 2.45) is 0 Å². The van der Waals surface area contributed by atoms with Crippen LogP contribution in [-0.4, -0.2) is 46.0 Å². The topological polar surface area (TPSA) is 40.6 Å². The molecule has 4 nitrogen and oxygen atoms in total. The third-order valence-corrected chi connectivity index (χ3v) is 5.60. The molecule has 2 rings (SSSR count). The van der Waals surface area contributed by atoms with Crippen molar-refractivity contribution in [3.63, 3.8) is 0 Å². The smallest absolute Gasteiger partial charge is 0.236 e. The normalized spacial score (nSPS) is 20.8. The molecule has 6 heteroatoms. The molecule has 132 valence electrons. The molecule has 0 aliphatic carbocycles. The van der Waals surface area contributed by atoms with E-state index >= 15 is 0 Å². The van der Waals surface area contributed by atoms with Gasteiger partial charge in [0.1, 0.15) is 11.2 Å². The fourth-order valence-corrected chi connectivity index (χ4v) is 4.21. The molecule has 0 unspecified atom stereocenters. The van der Waals surface area contributed by atoms with E-state index in [0.717, 1.165) is 5.56 Å². The van der Waals surface area contributed by atoms with Crippen LogP contribution in [0.15, 0.2) is 24.3 Å². The third-order valence-electron chi connectivity index (χ3n) is 4.21. The van der Waals surface area contributed by atoms with Crippen molar-refractivity contribution in [3.8, 4) is 0 Å². The van der Waals surface area contributed by atoms with Crippen LogP contribution in [0.1, 0.15) is 45.1 Å². The minimum absolute atomic E-state index is 0.0434. The first-order chi connectivity index (χ1) is 11.3. The molecule has 0 aromatic heterocycles. The van der Waals surface area contributed by atoms with Gasteiger partial charge in [-0.1, -0.05) is 19.1 Å². The summed E-state index contributed by atoms with van der Waals surface area (Å²) in [6, 6.07) is 6.48. The average molecular weight is 352 g/mol. The van der Waals surface area contributed by atoms with Crippen molar-refractivity contribution in [1.82, 2.24) is 9.80 Å². The van der Waals surface area contributed by atoms with Crippen LogP contribution < -0.4 is 0 Å². The number of carbonyl (C=O) groups excluding carboxylic acids is 2. The van der Waals surface area contributed by atoms with Crippen LogP contribution >= 0.6 is 11.8 Å². The molecule has 1 aromatic carbocycles. The number of thioether (sulfide) groups is 1. The maximum absolute atomic E-state index is 13.5. The van der Waals surface area contributed by atoms with Gasteiger partial charge in [-0.15, -0.1) is 11.8 Å². The molecule has 2 atom stereocenters. The Hall–Kier alpha value is -1.56. The van der Waals surface area contributed by atoms with Crippen molar-refractivity contribution >= 4 is 23.6 Å². The Morgan fingerprint density at radius 1 is 1.42 bits per heavy atom. The average Bonchev–Trinajstić information content (AvgIpc) is 2.82. The van der Waals surface area contributed by atoms with Crippen LogP contribution in [0.5, 0.6) is 0 Å². The lowest BCUT2D eigenvalue weighted by Gasteiger charge is -2.31. The molecule has 0 saturated carbocycles. The predicted molar refractivity (Wildman–Crippen MR) is 95.0 cm³/mol. The van der Waals surface area contributed by atoms with Crippen molar-refractivity contribution in [1.29, 1.82) is 0 Å². The van der Waals surface area contributed by atoms with Gasteiger partial charge in [-0.25, -0.2) is 4.39 Å². The van der Waals surface area contributed by atoms with Crippen LogP contribution in [0.2, 0.25) is 0 Å². The van der Waals surface area contributed by atoms with Gasteiger partial charge in [0, 0.05) is 25.6 Å². The van der Waals surface area contributed by atoms with Crippen molar-refractivity contribution < 1.29 is 14.0 Å². The Bertz CT molecular complexity index is 608. The summed E-state index contributed by atoms with van der Waals surface area (Å²) in [6.45, 7) is 8.61. The minimum atomic E-state index is -0.301. The van der Waals surface area contributed by atoms with E-state index in [2.05, 4.69) is 0 Å². The van der Waals surface area contributed by atoms with Gasteiger partial charge in [-0.05, 0) is 38.5 Å². The highest BCUT2D eigenvalue weighted by atomic mass is 32.2. The third kappa shape index (κ3) is 4.09. The summed E-state index contributed by atoms with van der Waals surface area (Å²) >= 11 is 1.52. The Morgan fingerprint density at radius 2 is 2.12 bits per heavy atom. The van der Waals surface area contributed by atoms with Gasteiger partial charge in [0.15, 0.2) is 0 Å². The molecule has 1 aliphatic rings. The van der Waals surface area contributed by atoms with Gasteiger partial charge in [-0.2, -0.15) is 0 Å². The summed E-state index contributed by atoms with van der Waals surface area (Å²) in [6.07, 6.45) is 0.449. The molecule has 0 bridgehead atoms.